The third-order valence-corrected chi connectivity index (χ3v) is 6.77. The monoisotopic (exact) mass is 435 g/mol. The molecular weight excluding hydrogens is 401 g/mol. The quantitative estimate of drug-likeness (QED) is 0.225. The standard InChI is InChI=1S/C23H33NO2Se/c1-18(2)12-9-10-13-19(3)14-11-17-21(25)22(23(26)24(4)5)27-20-15-7-6-8-16-20/h6-8,12-13,15-16,22H,9-11,14,17H2,1-5H3/b19-13+. The fraction of sp³-hybridized carbons (Fsp3) is 0.478. The molecule has 1 atom stereocenters. The second kappa shape index (κ2) is 12.7. The molecule has 0 aliphatic carbocycles. The Morgan fingerprint density at radius 3 is 2.22 bits per heavy atom. The number of nitrogens with zero attached hydrogens (tertiary/aromatic N) is 1. The van der Waals surface area contributed by atoms with Crippen LogP contribution in [0.1, 0.15) is 52.9 Å². The zero-order chi connectivity index (χ0) is 20.2. The molecule has 0 aliphatic heterocycles. The molecule has 27 heavy (non-hydrogen) atoms. The van der Waals surface area contributed by atoms with Gasteiger partial charge in [-0.3, -0.25) is 0 Å². The van der Waals surface area contributed by atoms with Crippen molar-refractivity contribution in [2.24, 2.45) is 0 Å². The van der Waals surface area contributed by atoms with E-state index in [4.69, 9.17) is 0 Å². The van der Waals surface area contributed by atoms with Crippen molar-refractivity contribution in [2.45, 2.75) is 57.7 Å². The van der Waals surface area contributed by atoms with Crippen LogP contribution in [0.4, 0.5) is 0 Å². The summed E-state index contributed by atoms with van der Waals surface area (Å²) >= 11 is -0.172. The van der Waals surface area contributed by atoms with Crippen LogP contribution in [0.3, 0.4) is 0 Å². The number of carbonyl (C=O) groups excluding carboxylic acids is 2. The van der Waals surface area contributed by atoms with Crippen molar-refractivity contribution in [1.82, 2.24) is 4.90 Å². The van der Waals surface area contributed by atoms with Crippen molar-refractivity contribution in [2.75, 3.05) is 14.1 Å². The average molecular weight is 434 g/mol. The first-order chi connectivity index (χ1) is 12.8. The Morgan fingerprint density at radius 1 is 1.00 bits per heavy atom. The third kappa shape index (κ3) is 9.74. The van der Waals surface area contributed by atoms with Gasteiger partial charge in [-0.05, 0) is 0 Å². The molecule has 1 aromatic rings. The van der Waals surface area contributed by atoms with E-state index in [0.29, 0.717) is 6.42 Å². The van der Waals surface area contributed by atoms with Crippen molar-refractivity contribution in [3.8, 4) is 0 Å². The molecule has 4 heteroatoms. The van der Waals surface area contributed by atoms with E-state index in [9.17, 15) is 9.59 Å². The van der Waals surface area contributed by atoms with Gasteiger partial charge in [0.2, 0.25) is 0 Å². The first-order valence-corrected chi connectivity index (χ1v) is 11.4. The molecular formula is C23H33NO2Se. The molecule has 0 heterocycles. The molecule has 0 saturated heterocycles. The molecule has 0 saturated carbocycles. The fourth-order valence-corrected chi connectivity index (χ4v) is 5.01. The molecule has 0 spiro atoms. The molecule has 0 bridgehead atoms. The number of benzene rings is 1. The van der Waals surface area contributed by atoms with Gasteiger partial charge in [0.05, 0.1) is 0 Å². The van der Waals surface area contributed by atoms with Gasteiger partial charge in [-0.15, -0.1) is 0 Å². The molecule has 0 fully saturated rings. The summed E-state index contributed by atoms with van der Waals surface area (Å²) in [4.78, 5) is 26.3. The van der Waals surface area contributed by atoms with Crippen LogP contribution >= 0.6 is 0 Å². The van der Waals surface area contributed by atoms with E-state index < -0.39 is 4.82 Å². The Labute approximate surface area is 171 Å². The normalized spacial score (nSPS) is 12.4. The van der Waals surface area contributed by atoms with Gasteiger partial charge in [0, 0.05) is 0 Å². The molecule has 1 aromatic carbocycles. The summed E-state index contributed by atoms with van der Waals surface area (Å²) in [6.45, 7) is 6.36. The molecule has 1 amide bonds. The van der Waals surface area contributed by atoms with Crippen LogP contribution in [0.2, 0.25) is 4.82 Å². The number of unbranched alkanes of at least 4 members (excludes halogenated alkanes) is 1. The molecule has 1 rings (SSSR count). The molecule has 0 N–H and O–H groups in total. The van der Waals surface area contributed by atoms with Crippen LogP contribution < -0.4 is 4.46 Å². The summed E-state index contributed by atoms with van der Waals surface area (Å²) in [5.41, 5.74) is 2.68. The molecule has 3 nitrogen and oxygen atoms in total. The summed E-state index contributed by atoms with van der Waals surface area (Å²) in [5, 5.41) is 0. The van der Waals surface area contributed by atoms with Crippen LogP contribution in [0, 0.1) is 0 Å². The first-order valence-electron chi connectivity index (χ1n) is 9.56. The molecule has 0 radical (unpaired) electrons. The number of allylic oxidation sites excluding steroid dienone is 4. The molecule has 0 aromatic heterocycles. The topological polar surface area (TPSA) is 37.4 Å². The van der Waals surface area contributed by atoms with E-state index in [1.54, 1.807) is 19.0 Å². The number of Topliss-reactive ketones (excluding diaryl/α,β-unsaturated/α-hetero) is 1. The number of carbonyl (C=O) groups is 2. The van der Waals surface area contributed by atoms with Gasteiger partial charge in [0.25, 0.3) is 0 Å². The maximum atomic E-state index is 12.8. The Balaban J connectivity index is 2.57. The second-order valence-corrected chi connectivity index (χ2v) is 9.75. The van der Waals surface area contributed by atoms with Gasteiger partial charge in [0.1, 0.15) is 0 Å². The average Bonchev–Trinajstić information content (AvgIpc) is 2.63. The fourth-order valence-electron chi connectivity index (χ4n) is 2.60. The van der Waals surface area contributed by atoms with E-state index in [-0.39, 0.29) is 26.6 Å². The second-order valence-electron chi connectivity index (χ2n) is 7.27. The minimum absolute atomic E-state index is 0.0714. The minimum atomic E-state index is -0.517. The summed E-state index contributed by atoms with van der Waals surface area (Å²) in [7, 11) is 3.45. The number of hydrogen-bond acceptors (Lipinski definition) is 2. The van der Waals surface area contributed by atoms with Crippen LogP contribution in [0.5, 0.6) is 0 Å². The third-order valence-electron chi connectivity index (χ3n) is 4.16. The Kier molecular flexibility index (Phi) is 11.0. The van der Waals surface area contributed by atoms with E-state index in [1.807, 2.05) is 30.3 Å². The SMILES string of the molecule is CC(C)=CCC/C=C(\C)CCCC(=O)C([Se]c1ccccc1)C(=O)N(C)C. The van der Waals surface area contributed by atoms with E-state index in [1.165, 1.54) is 11.1 Å². The summed E-state index contributed by atoms with van der Waals surface area (Å²) < 4.78 is 1.09. The summed E-state index contributed by atoms with van der Waals surface area (Å²) in [5.74, 6) is 0.00716. The zero-order valence-corrected chi connectivity index (χ0v) is 19.0. The van der Waals surface area contributed by atoms with E-state index in [0.717, 1.165) is 30.1 Å². The van der Waals surface area contributed by atoms with Crippen molar-refractivity contribution < 1.29 is 9.59 Å². The van der Waals surface area contributed by atoms with Gasteiger partial charge in [0.15, 0.2) is 0 Å². The van der Waals surface area contributed by atoms with Gasteiger partial charge in [-0.2, -0.15) is 0 Å². The Hall–Kier alpha value is -1.64. The molecule has 0 aliphatic rings. The molecule has 1 unspecified atom stereocenters. The van der Waals surface area contributed by atoms with Gasteiger partial charge in [-0.1, -0.05) is 0 Å². The first kappa shape index (κ1) is 23.4. The van der Waals surface area contributed by atoms with Crippen LogP contribution in [-0.4, -0.2) is 45.6 Å². The maximum absolute atomic E-state index is 12.8. The van der Waals surface area contributed by atoms with Crippen LogP contribution in [-0.2, 0) is 9.59 Å². The van der Waals surface area contributed by atoms with Crippen molar-refractivity contribution >= 4 is 31.1 Å². The van der Waals surface area contributed by atoms with Gasteiger partial charge >= 0.3 is 171 Å². The van der Waals surface area contributed by atoms with E-state index in [2.05, 4.69) is 32.9 Å². The van der Waals surface area contributed by atoms with Crippen LogP contribution in [0.25, 0.3) is 0 Å². The number of amides is 1. The predicted octanol–water partition coefficient (Wildman–Crippen LogP) is 4.32. The van der Waals surface area contributed by atoms with Crippen molar-refractivity contribution in [1.29, 1.82) is 0 Å². The Bertz CT molecular complexity index is 658. The van der Waals surface area contributed by atoms with Crippen molar-refractivity contribution in [3.05, 3.63) is 53.6 Å². The summed E-state index contributed by atoms with van der Waals surface area (Å²) in [6.07, 6.45) is 8.82. The predicted molar refractivity (Wildman–Crippen MR) is 116 cm³/mol. The van der Waals surface area contributed by atoms with E-state index >= 15 is 0 Å². The number of hydrogen-bond donors (Lipinski definition) is 0. The number of ketones is 1. The number of rotatable bonds is 11. The Morgan fingerprint density at radius 2 is 1.63 bits per heavy atom. The van der Waals surface area contributed by atoms with Gasteiger partial charge in [-0.25, -0.2) is 0 Å². The van der Waals surface area contributed by atoms with Gasteiger partial charge < -0.3 is 0 Å². The zero-order valence-electron chi connectivity index (χ0n) is 17.3. The van der Waals surface area contributed by atoms with Crippen molar-refractivity contribution in [3.63, 3.8) is 0 Å². The summed E-state index contributed by atoms with van der Waals surface area (Å²) in [6, 6.07) is 9.88. The van der Waals surface area contributed by atoms with Crippen LogP contribution in [0.15, 0.2) is 53.6 Å². The molecule has 148 valence electrons.